The van der Waals surface area contributed by atoms with Gasteiger partial charge >= 0.3 is 11.9 Å². The highest BCUT2D eigenvalue weighted by Crippen LogP contribution is 2.29. The maximum atomic E-state index is 12.1. The lowest BCUT2D eigenvalue weighted by Gasteiger charge is -2.12. The van der Waals surface area contributed by atoms with Gasteiger partial charge in [0.15, 0.2) is 11.5 Å². The molecule has 32 heavy (non-hydrogen) atoms. The van der Waals surface area contributed by atoms with E-state index in [0.29, 0.717) is 29.4 Å². The van der Waals surface area contributed by atoms with Crippen LogP contribution in [0.1, 0.15) is 27.0 Å². The van der Waals surface area contributed by atoms with Crippen molar-refractivity contribution in [2.75, 3.05) is 14.2 Å². The molecule has 0 saturated heterocycles. The van der Waals surface area contributed by atoms with Crippen LogP contribution in [0.4, 0.5) is 0 Å². The van der Waals surface area contributed by atoms with Gasteiger partial charge in [-0.1, -0.05) is 30.3 Å². The van der Waals surface area contributed by atoms with Crippen molar-refractivity contribution < 1.29 is 28.5 Å². The molecule has 0 amide bonds. The zero-order valence-electron chi connectivity index (χ0n) is 18.2. The summed E-state index contributed by atoms with van der Waals surface area (Å²) in [5.41, 5.74) is 3.38. The van der Waals surface area contributed by atoms with Crippen molar-refractivity contribution in [3.8, 4) is 17.2 Å². The number of hydrogen-bond donors (Lipinski definition) is 0. The Kier molecular flexibility index (Phi) is 7.65. The SMILES string of the molecule is COC(=O)c1ccc(OC(=O)/C=C/c2ccc(OCc3ccccc3C)c(OC)c2)cc1. The van der Waals surface area contributed by atoms with Gasteiger partial charge in [0.2, 0.25) is 0 Å². The Bertz CT molecular complexity index is 1120. The quantitative estimate of drug-likeness (QED) is 0.284. The van der Waals surface area contributed by atoms with Crippen LogP contribution in [-0.4, -0.2) is 26.2 Å². The Morgan fingerprint density at radius 2 is 1.66 bits per heavy atom. The standard InChI is InChI=1S/C26H24O6/c1-18-6-4-5-7-21(18)17-31-23-14-8-19(16-24(23)29-2)9-15-25(27)32-22-12-10-20(11-13-22)26(28)30-3/h4-16H,17H2,1-3H3/b15-9+. The molecule has 6 heteroatoms. The zero-order valence-corrected chi connectivity index (χ0v) is 18.2. The Morgan fingerprint density at radius 3 is 2.34 bits per heavy atom. The van der Waals surface area contributed by atoms with E-state index in [2.05, 4.69) is 4.74 Å². The average Bonchev–Trinajstić information content (AvgIpc) is 2.82. The van der Waals surface area contributed by atoms with E-state index < -0.39 is 11.9 Å². The summed E-state index contributed by atoms with van der Waals surface area (Å²) in [6.45, 7) is 2.47. The van der Waals surface area contributed by atoms with Crippen molar-refractivity contribution >= 4 is 18.0 Å². The van der Waals surface area contributed by atoms with Crippen LogP contribution in [-0.2, 0) is 16.1 Å². The number of methoxy groups -OCH3 is 2. The van der Waals surface area contributed by atoms with Gasteiger partial charge in [-0.25, -0.2) is 9.59 Å². The largest absolute Gasteiger partial charge is 0.493 e. The lowest BCUT2D eigenvalue weighted by atomic mass is 10.1. The molecule has 0 aromatic heterocycles. The molecule has 0 aliphatic carbocycles. The van der Waals surface area contributed by atoms with Crippen molar-refractivity contribution in [3.05, 3.63) is 95.1 Å². The number of aryl methyl sites for hydroxylation is 1. The summed E-state index contributed by atoms with van der Waals surface area (Å²) >= 11 is 0. The Hall–Kier alpha value is -4.06. The minimum absolute atomic E-state index is 0.324. The van der Waals surface area contributed by atoms with Crippen molar-refractivity contribution in [1.29, 1.82) is 0 Å². The number of carbonyl (C=O) groups is 2. The molecule has 0 bridgehead atoms. The highest BCUT2D eigenvalue weighted by molar-refractivity contribution is 5.90. The van der Waals surface area contributed by atoms with Crippen LogP contribution in [0.15, 0.2) is 72.8 Å². The van der Waals surface area contributed by atoms with Crippen molar-refractivity contribution in [1.82, 2.24) is 0 Å². The lowest BCUT2D eigenvalue weighted by molar-refractivity contribution is -0.128. The second-order valence-electron chi connectivity index (χ2n) is 6.90. The van der Waals surface area contributed by atoms with E-state index in [9.17, 15) is 9.59 Å². The highest BCUT2D eigenvalue weighted by atomic mass is 16.5. The van der Waals surface area contributed by atoms with Crippen LogP contribution in [0.2, 0.25) is 0 Å². The van der Waals surface area contributed by atoms with Gasteiger partial charge in [-0.3, -0.25) is 0 Å². The third kappa shape index (κ3) is 5.98. The number of hydrogen-bond acceptors (Lipinski definition) is 6. The first-order valence-corrected chi connectivity index (χ1v) is 9.94. The van der Waals surface area contributed by atoms with E-state index >= 15 is 0 Å². The minimum Gasteiger partial charge on any atom is -0.493 e. The zero-order chi connectivity index (χ0) is 22.9. The van der Waals surface area contributed by atoms with Crippen LogP contribution >= 0.6 is 0 Å². The van der Waals surface area contributed by atoms with Gasteiger partial charge in [-0.15, -0.1) is 0 Å². The maximum Gasteiger partial charge on any atom is 0.337 e. The molecule has 0 spiro atoms. The predicted molar refractivity (Wildman–Crippen MR) is 121 cm³/mol. The summed E-state index contributed by atoms with van der Waals surface area (Å²) in [5.74, 6) is 0.497. The second kappa shape index (κ2) is 10.8. The summed E-state index contributed by atoms with van der Waals surface area (Å²) < 4.78 is 21.2. The third-order valence-corrected chi connectivity index (χ3v) is 4.74. The van der Waals surface area contributed by atoms with Crippen molar-refractivity contribution in [2.45, 2.75) is 13.5 Å². The van der Waals surface area contributed by atoms with E-state index in [-0.39, 0.29) is 0 Å². The van der Waals surface area contributed by atoms with E-state index in [1.807, 2.05) is 37.3 Å². The molecule has 0 aliphatic rings. The lowest BCUT2D eigenvalue weighted by Crippen LogP contribution is -2.05. The van der Waals surface area contributed by atoms with Gasteiger partial charge in [0.1, 0.15) is 12.4 Å². The molecular formula is C26H24O6. The number of esters is 2. The molecule has 0 saturated carbocycles. The van der Waals surface area contributed by atoms with Crippen molar-refractivity contribution in [2.24, 2.45) is 0 Å². The van der Waals surface area contributed by atoms with Crippen LogP contribution in [0, 0.1) is 6.92 Å². The molecule has 0 N–H and O–H groups in total. The number of carbonyl (C=O) groups excluding carboxylic acids is 2. The molecule has 0 aliphatic heterocycles. The maximum absolute atomic E-state index is 12.1. The molecule has 0 heterocycles. The smallest absolute Gasteiger partial charge is 0.337 e. The van der Waals surface area contributed by atoms with Crippen LogP contribution in [0.5, 0.6) is 17.2 Å². The topological polar surface area (TPSA) is 71.1 Å². The van der Waals surface area contributed by atoms with Crippen LogP contribution in [0.25, 0.3) is 6.08 Å². The van der Waals surface area contributed by atoms with Gasteiger partial charge < -0.3 is 18.9 Å². The second-order valence-corrected chi connectivity index (χ2v) is 6.90. The van der Waals surface area contributed by atoms with Crippen LogP contribution < -0.4 is 14.2 Å². The summed E-state index contributed by atoms with van der Waals surface area (Å²) in [4.78, 5) is 23.6. The van der Waals surface area contributed by atoms with E-state index in [0.717, 1.165) is 16.7 Å². The Morgan fingerprint density at radius 1 is 0.906 bits per heavy atom. The van der Waals surface area contributed by atoms with Gasteiger partial charge in [0.05, 0.1) is 19.8 Å². The average molecular weight is 432 g/mol. The van der Waals surface area contributed by atoms with E-state index in [1.54, 1.807) is 25.3 Å². The molecule has 164 valence electrons. The number of benzene rings is 3. The monoisotopic (exact) mass is 432 g/mol. The summed E-state index contributed by atoms with van der Waals surface area (Å²) in [7, 11) is 2.87. The Labute approximate surface area is 187 Å². The van der Waals surface area contributed by atoms with Gasteiger partial charge in [-0.2, -0.15) is 0 Å². The molecule has 6 nitrogen and oxygen atoms in total. The number of ether oxygens (including phenoxy) is 4. The fourth-order valence-electron chi connectivity index (χ4n) is 2.93. The third-order valence-electron chi connectivity index (χ3n) is 4.74. The summed E-state index contributed by atoms with van der Waals surface area (Å²) in [6.07, 6.45) is 2.94. The predicted octanol–water partition coefficient (Wildman–Crippen LogP) is 4.99. The highest BCUT2D eigenvalue weighted by Gasteiger charge is 2.08. The molecule has 3 rings (SSSR count). The molecule has 3 aromatic carbocycles. The minimum atomic E-state index is -0.547. The first kappa shape index (κ1) is 22.6. The van der Waals surface area contributed by atoms with E-state index in [1.165, 1.54) is 37.5 Å². The van der Waals surface area contributed by atoms with Crippen molar-refractivity contribution in [3.63, 3.8) is 0 Å². The molecule has 3 aromatic rings. The fourth-order valence-corrected chi connectivity index (χ4v) is 2.93. The first-order chi connectivity index (χ1) is 15.5. The Balaban J connectivity index is 1.62. The molecule has 0 atom stereocenters. The number of rotatable bonds is 8. The normalized spacial score (nSPS) is 10.6. The molecule has 0 unspecified atom stereocenters. The first-order valence-electron chi connectivity index (χ1n) is 9.94. The van der Waals surface area contributed by atoms with E-state index in [4.69, 9.17) is 14.2 Å². The summed E-state index contributed by atoms with van der Waals surface area (Å²) in [6, 6.07) is 19.5. The molecular weight excluding hydrogens is 408 g/mol. The molecule has 0 radical (unpaired) electrons. The fraction of sp³-hybridized carbons (Fsp3) is 0.154. The molecule has 0 fully saturated rings. The van der Waals surface area contributed by atoms with Gasteiger partial charge in [0.25, 0.3) is 0 Å². The van der Waals surface area contributed by atoms with Gasteiger partial charge in [0, 0.05) is 6.08 Å². The van der Waals surface area contributed by atoms with Crippen LogP contribution in [0.3, 0.4) is 0 Å². The van der Waals surface area contributed by atoms with Gasteiger partial charge in [-0.05, 0) is 66.1 Å². The summed E-state index contributed by atoms with van der Waals surface area (Å²) in [5, 5.41) is 0.